The Kier molecular flexibility index (Phi) is 3.03. The Labute approximate surface area is 80.3 Å². The van der Waals surface area contributed by atoms with Crippen molar-refractivity contribution in [3.05, 3.63) is 28.8 Å². The van der Waals surface area contributed by atoms with Gasteiger partial charge in [-0.25, -0.2) is 8.78 Å². The predicted octanol–water partition coefficient (Wildman–Crippen LogP) is 0.937. The minimum absolute atomic E-state index is 0.0132. The minimum atomic E-state index is -0.901. The molecule has 5 N–H and O–H groups in total. The number of phenolic OH excluding ortho intramolecular Hbond substituents is 1. The third-order valence-electron chi connectivity index (χ3n) is 2.11. The van der Waals surface area contributed by atoms with Crippen LogP contribution >= 0.6 is 0 Å². The standard InChI is InChI=1S/C9H12F2N2O/c1-4-5(10)2-7(14)9(11)8(4)6(13)3-12/h2,6,14H,3,12-13H2,1H3. The second-order valence-corrected chi connectivity index (χ2v) is 3.07. The molecule has 0 saturated carbocycles. The lowest BCUT2D eigenvalue weighted by Crippen LogP contribution is -2.23. The van der Waals surface area contributed by atoms with Crippen LogP contribution in [0.25, 0.3) is 0 Å². The highest BCUT2D eigenvalue weighted by Gasteiger charge is 2.19. The summed E-state index contributed by atoms with van der Waals surface area (Å²) in [5.41, 5.74) is 10.8. The minimum Gasteiger partial charge on any atom is -0.505 e. The molecule has 1 aromatic rings. The Balaban J connectivity index is 3.39. The Morgan fingerprint density at radius 3 is 2.57 bits per heavy atom. The van der Waals surface area contributed by atoms with E-state index in [1.54, 1.807) is 0 Å². The fraction of sp³-hybridized carbons (Fsp3) is 0.333. The van der Waals surface area contributed by atoms with Gasteiger partial charge in [-0.3, -0.25) is 0 Å². The summed E-state index contributed by atoms with van der Waals surface area (Å²) in [6, 6.07) is -0.0891. The van der Waals surface area contributed by atoms with Crippen molar-refractivity contribution in [3.63, 3.8) is 0 Å². The topological polar surface area (TPSA) is 72.3 Å². The number of nitrogens with two attached hydrogens (primary N) is 2. The highest BCUT2D eigenvalue weighted by molar-refractivity contribution is 5.39. The molecule has 0 bridgehead atoms. The fourth-order valence-electron chi connectivity index (χ4n) is 1.28. The van der Waals surface area contributed by atoms with Gasteiger partial charge in [0.05, 0.1) is 0 Å². The molecular weight excluding hydrogens is 190 g/mol. The lowest BCUT2D eigenvalue weighted by atomic mass is 10.00. The second kappa shape index (κ2) is 3.89. The van der Waals surface area contributed by atoms with Crippen molar-refractivity contribution in [2.45, 2.75) is 13.0 Å². The molecule has 1 unspecified atom stereocenters. The van der Waals surface area contributed by atoms with E-state index in [2.05, 4.69) is 0 Å². The highest BCUT2D eigenvalue weighted by atomic mass is 19.1. The molecule has 1 atom stereocenters. The summed E-state index contributed by atoms with van der Waals surface area (Å²) in [6.07, 6.45) is 0. The molecule has 0 aliphatic heterocycles. The Hall–Kier alpha value is -1.20. The normalized spacial score (nSPS) is 12.9. The highest BCUT2D eigenvalue weighted by Crippen LogP contribution is 2.28. The van der Waals surface area contributed by atoms with Crippen LogP contribution in [0.1, 0.15) is 17.2 Å². The largest absolute Gasteiger partial charge is 0.505 e. The lowest BCUT2D eigenvalue weighted by molar-refractivity contribution is 0.417. The van der Waals surface area contributed by atoms with Crippen molar-refractivity contribution in [1.82, 2.24) is 0 Å². The zero-order chi connectivity index (χ0) is 10.9. The molecule has 0 spiro atoms. The molecule has 0 saturated heterocycles. The number of aromatic hydroxyl groups is 1. The maximum Gasteiger partial charge on any atom is 0.170 e. The van der Waals surface area contributed by atoms with Crippen LogP contribution in [0.5, 0.6) is 5.75 Å². The molecule has 3 nitrogen and oxygen atoms in total. The van der Waals surface area contributed by atoms with Crippen LogP contribution in [-0.4, -0.2) is 11.7 Å². The quantitative estimate of drug-likeness (QED) is 0.668. The SMILES string of the molecule is Cc1c(F)cc(O)c(F)c1C(N)CN. The van der Waals surface area contributed by atoms with Crippen LogP contribution < -0.4 is 11.5 Å². The van der Waals surface area contributed by atoms with Gasteiger partial charge in [0.1, 0.15) is 5.82 Å². The molecule has 0 fully saturated rings. The van der Waals surface area contributed by atoms with Crippen LogP contribution in [0, 0.1) is 18.6 Å². The summed E-state index contributed by atoms with van der Waals surface area (Å²) in [4.78, 5) is 0. The first-order valence-corrected chi connectivity index (χ1v) is 4.12. The molecule has 0 heterocycles. The Morgan fingerprint density at radius 2 is 2.07 bits per heavy atom. The van der Waals surface area contributed by atoms with Crippen LogP contribution in [-0.2, 0) is 0 Å². The molecule has 0 aromatic heterocycles. The summed E-state index contributed by atoms with van der Waals surface area (Å²) in [5.74, 6) is -2.34. The van der Waals surface area contributed by atoms with Crippen molar-refractivity contribution in [2.24, 2.45) is 11.5 Å². The number of halogens is 2. The zero-order valence-corrected chi connectivity index (χ0v) is 7.72. The third kappa shape index (κ3) is 1.69. The summed E-state index contributed by atoms with van der Waals surface area (Å²) in [7, 11) is 0. The van der Waals surface area contributed by atoms with Gasteiger partial charge in [-0.15, -0.1) is 0 Å². The van der Waals surface area contributed by atoms with Gasteiger partial charge in [0, 0.05) is 24.2 Å². The number of hydrogen-bond acceptors (Lipinski definition) is 3. The van der Waals surface area contributed by atoms with Gasteiger partial charge < -0.3 is 16.6 Å². The Morgan fingerprint density at radius 1 is 1.50 bits per heavy atom. The molecule has 0 aliphatic rings. The van der Waals surface area contributed by atoms with Gasteiger partial charge in [0.2, 0.25) is 0 Å². The van der Waals surface area contributed by atoms with E-state index in [4.69, 9.17) is 16.6 Å². The molecular formula is C9H12F2N2O. The molecule has 1 rings (SSSR count). The summed E-state index contributed by atoms with van der Waals surface area (Å²) >= 11 is 0. The van der Waals surface area contributed by atoms with Crippen LogP contribution in [0.2, 0.25) is 0 Å². The van der Waals surface area contributed by atoms with Crippen LogP contribution in [0.15, 0.2) is 6.07 Å². The smallest absolute Gasteiger partial charge is 0.170 e. The molecule has 14 heavy (non-hydrogen) atoms. The van der Waals surface area contributed by atoms with E-state index in [-0.39, 0.29) is 17.7 Å². The van der Waals surface area contributed by atoms with E-state index in [0.29, 0.717) is 0 Å². The molecule has 1 aromatic carbocycles. The van der Waals surface area contributed by atoms with Gasteiger partial charge in [-0.05, 0) is 12.5 Å². The average molecular weight is 202 g/mol. The third-order valence-corrected chi connectivity index (χ3v) is 2.11. The zero-order valence-electron chi connectivity index (χ0n) is 7.72. The first-order valence-electron chi connectivity index (χ1n) is 4.12. The number of benzene rings is 1. The van der Waals surface area contributed by atoms with Crippen molar-refractivity contribution >= 4 is 0 Å². The van der Waals surface area contributed by atoms with Gasteiger partial charge in [0.25, 0.3) is 0 Å². The maximum absolute atomic E-state index is 13.3. The van der Waals surface area contributed by atoms with Gasteiger partial charge in [-0.1, -0.05) is 0 Å². The van der Waals surface area contributed by atoms with Gasteiger partial charge in [-0.2, -0.15) is 0 Å². The van der Waals surface area contributed by atoms with E-state index in [9.17, 15) is 8.78 Å². The van der Waals surface area contributed by atoms with Gasteiger partial charge in [0.15, 0.2) is 11.6 Å². The van der Waals surface area contributed by atoms with Crippen LogP contribution in [0.4, 0.5) is 8.78 Å². The maximum atomic E-state index is 13.3. The Bertz CT molecular complexity index is 329. The molecule has 5 heteroatoms. The van der Waals surface area contributed by atoms with E-state index >= 15 is 0 Å². The van der Waals surface area contributed by atoms with Crippen molar-refractivity contribution in [2.75, 3.05) is 6.54 Å². The average Bonchev–Trinajstić information content (AvgIpc) is 2.15. The molecule has 0 amide bonds. The van der Waals surface area contributed by atoms with Crippen molar-refractivity contribution < 1.29 is 13.9 Å². The van der Waals surface area contributed by atoms with E-state index < -0.39 is 23.4 Å². The fourth-order valence-corrected chi connectivity index (χ4v) is 1.28. The van der Waals surface area contributed by atoms with Crippen molar-refractivity contribution in [1.29, 1.82) is 0 Å². The molecule has 0 radical (unpaired) electrons. The van der Waals surface area contributed by atoms with Crippen LogP contribution in [0.3, 0.4) is 0 Å². The van der Waals surface area contributed by atoms with E-state index in [1.165, 1.54) is 6.92 Å². The first-order chi connectivity index (χ1) is 6.49. The molecule has 0 aliphatic carbocycles. The summed E-state index contributed by atoms with van der Waals surface area (Å²) in [6.45, 7) is 1.38. The lowest BCUT2D eigenvalue weighted by Gasteiger charge is -2.14. The van der Waals surface area contributed by atoms with Gasteiger partial charge >= 0.3 is 0 Å². The number of hydrogen-bond donors (Lipinski definition) is 3. The summed E-state index contributed by atoms with van der Waals surface area (Å²) in [5, 5.41) is 9.04. The number of phenols is 1. The van der Waals surface area contributed by atoms with E-state index in [1.807, 2.05) is 0 Å². The van der Waals surface area contributed by atoms with Crippen molar-refractivity contribution in [3.8, 4) is 5.75 Å². The first kappa shape index (κ1) is 10.9. The summed E-state index contributed by atoms with van der Waals surface area (Å²) < 4.78 is 26.4. The second-order valence-electron chi connectivity index (χ2n) is 3.07. The number of rotatable bonds is 2. The van der Waals surface area contributed by atoms with E-state index in [0.717, 1.165) is 6.07 Å². The monoisotopic (exact) mass is 202 g/mol. The predicted molar refractivity (Wildman–Crippen MR) is 48.7 cm³/mol. The molecule has 78 valence electrons.